The molecule has 1 fully saturated rings. The van der Waals surface area contributed by atoms with Gasteiger partial charge in [0.05, 0.1) is 12.0 Å². The Kier molecular flexibility index (Phi) is 5.31. The zero-order valence-electron chi connectivity index (χ0n) is 16.3. The molecule has 1 N–H and O–H groups in total. The molecule has 4 rings (SSSR count). The van der Waals surface area contributed by atoms with Crippen molar-refractivity contribution in [1.82, 2.24) is 10.2 Å². The molecule has 0 saturated carbocycles. The summed E-state index contributed by atoms with van der Waals surface area (Å²) in [6, 6.07) is 9.27. The second kappa shape index (κ2) is 7.79. The number of nitrogens with zero attached hydrogens (tertiary/aromatic N) is 2. The second-order valence-corrected chi connectivity index (χ2v) is 9.14. The van der Waals surface area contributed by atoms with Crippen LogP contribution in [0.2, 0.25) is 0 Å². The molecule has 1 saturated heterocycles. The van der Waals surface area contributed by atoms with Gasteiger partial charge in [-0.15, -0.1) is 4.40 Å². The van der Waals surface area contributed by atoms with E-state index in [4.69, 9.17) is 0 Å². The standard InChI is InChI=1S/C21H21F2N3O3S/c1-13(16-9-8-15(22)11-18(16)23)24-21(27)14-5-4-10-26(12-14)20-17-6-2-3-7-19(17)30(28,29)25-20/h2-3,6-9,11,13-14H,4-5,10,12H2,1H3,(H,24,27)/t13-,14-/m1/s1. The first kappa shape index (κ1) is 20.5. The first-order valence-electron chi connectivity index (χ1n) is 9.71. The number of benzene rings is 2. The van der Waals surface area contributed by atoms with Gasteiger partial charge in [0, 0.05) is 30.3 Å². The zero-order valence-corrected chi connectivity index (χ0v) is 17.1. The average molecular weight is 433 g/mol. The number of sulfonamides is 1. The van der Waals surface area contributed by atoms with Crippen molar-refractivity contribution in [2.45, 2.75) is 30.7 Å². The van der Waals surface area contributed by atoms with Gasteiger partial charge >= 0.3 is 0 Å². The maximum absolute atomic E-state index is 14.0. The van der Waals surface area contributed by atoms with E-state index in [0.717, 1.165) is 12.1 Å². The molecule has 0 radical (unpaired) electrons. The van der Waals surface area contributed by atoms with Crippen molar-refractivity contribution in [2.75, 3.05) is 13.1 Å². The molecule has 2 aromatic carbocycles. The Labute approximate surface area is 173 Å². The molecule has 0 bridgehead atoms. The third-order valence-electron chi connectivity index (χ3n) is 5.49. The fraction of sp³-hybridized carbons (Fsp3) is 0.333. The van der Waals surface area contributed by atoms with Crippen molar-refractivity contribution in [3.8, 4) is 0 Å². The lowest BCUT2D eigenvalue weighted by atomic mass is 9.95. The summed E-state index contributed by atoms with van der Waals surface area (Å²) >= 11 is 0. The Bertz CT molecular complexity index is 1130. The van der Waals surface area contributed by atoms with E-state index in [-0.39, 0.29) is 16.4 Å². The molecule has 2 aromatic rings. The first-order chi connectivity index (χ1) is 14.3. The number of hydrogen-bond donors (Lipinski definition) is 1. The number of fused-ring (bicyclic) bond motifs is 1. The van der Waals surface area contributed by atoms with Gasteiger partial charge in [-0.05, 0) is 38.0 Å². The van der Waals surface area contributed by atoms with Crippen LogP contribution in [-0.4, -0.2) is 38.2 Å². The van der Waals surface area contributed by atoms with Crippen molar-refractivity contribution in [1.29, 1.82) is 0 Å². The van der Waals surface area contributed by atoms with Gasteiger partial charge in [0.15, 0.2) is 5.84 Å². The van der Waals surface area contributed by atoms with E-state index in [1.807, 2.05) is 4.90 Å². The van der Waals surface area contributed by atoms with E-state index in [0.29, 0.717) is 37.3 Å². The van der Waals surface area contributed by atoms with Crippen LogP contribution in [-0.2, 0) is 14.8 Å². The SMILES string of the molecule is C[C@@H](NC(=O)[C@@H]1CCCN(C2=NS(=O)(=O)c3ccccc32)C1)c1ccc(F)cc1F. The minimum Gasteiger partial charge on any atom is -0.355 e. The number of nitrogens with one attached hydrogen (secondary N) is 1. The topological polar surface area (TPSA) is 78.8 Å². The van der Waals surface area contributed by atoms with Crippen LogP contribution in [0.25, 0.3) is 0 Å². The van der Waals surface area contributed by atoms with E-state index < -0.39 is 33.6 Å². The van der Waals surface area contributed by atoms with Gasteiger partial charge in [-0.1, -0.05) is 18.2 Å². The molecular formula is C21H21F2N3O3S. The Morgan fingerprint density at radius 3 is 2.77 bits per heavy atom. The minimum absolute atomic E-state index is 0.173. The van der Waals surface area contributed by atoms with Gasteiger partial charge in [0.1, 0.15) is 16.5 Å². The van der Waals surface area contributed by atoms with E-state index >= 15 is 0 Å². The van der Waals surface area contributed by atoms with Crippen molar-refractivity contribution < 1.29 is 22.0 Å². The van der Waals surface area contributed by atoms with Gasteiger partial charge in [-0.3, -0.25) is 4.79 Å². The monoisotopic (exact) mass is 433 g/mol. The molecule has 0 aromatic heterocycles. The molecule has 30 heavy (non-hydrogen) atoms. The fourth-order valence-corrected chi connectivity index (χ4v) is 5.19. The molecular weight excluding hydrogens is 412 g/mol. The van der Waals surface area contributed by atoms with Crippen LogP contribution in [0.4, 0.5) is 8.78 Å². The summed E-state index contributed by atoms with van der Waals surface area (Å²) in [6.07, 6.45) is 1.32. The number of amides is 1. The predicted molar refractivity (Wildman–Crippen MR) is 107 cm³/mol. The Balaban J connectivity index is 1.49. The number of amidine groups is 1. The van der Waals surface area contributed by atoms with Crippen LogP contribution in [0.15, 0.2) is 51.8 Å². The number of rotatable bonds is 3. The summed E-state index contributed by atoms with van der Waals surface area (Å²) in [5.74, 6) is -1.69. The molecule has 6 nitrogen and oxygen atoms in total. The van der Waals surface area contributed by atoms with Gasteiger partial charge in [-0.25, -0.2) is 8.78 Å². The molecule has 2 aliphatic heterocycles. The highest BCUT2D eigenvalue weighted by molar-refractivity contribution is 7.90. The number of carbonyl (C=O) groups excluding carboxylic acids is 1. The zero-order chi connectivity index (χ0) is 21.5. The number of carbonyl (C=O) groups is 1. The molecule has 158 valence electrons. The number of likely N-dealkylation sites (tertiary alicyclic amines) is 1. The highest BCUT2D eigenvalue weighted by Crippen LogP contribution is 2.30. The maximum Gasteiger partial charge on any atom is 0.285 e. The largest absolute Gasteiger partial charge is 0.355 e. The van der Waals surface area contributed by atoms with Crippen molar-refractivity contribution in [2.24, 2.45) is 10.3 Å². The highest BCUT2D eigenvalue weighted by atomic mass is 32.2. The van der Waals surface area contributed by atoms with Crippen LogP contribution in [0.5, 0.6) is 0 Å². The Hall–Kier alpha value is -2.81. The van der Waals surface area contributed by atoms with Gasteiger partial charge in [0.2, 0.25) is 5.91 Å². The van der Waals surface area contributed by atoms with Crippen molar-refractivity contribution in [3.05, 3.63) is 65.2 Å². The third kappa shape index (κ3) is 3.81. The quantitative estimate of drug-likeness (QED) is 0.807. The lowest BCUT2D eigenvalue weighted by Crippen LogP contribution is -2.46. The molecule has 9 heteroatoms. The maximum atomic E-state index is 14.0. The Morgan fingerprint density at radius 1 is 1.23 bits per heavy atom. The summed E-state index contributed by atoms with van der Waals surface area (Å²) in [6.45, 7) is 2.54. The van der Waals surface area contributed by atoms with Gasteiger partial charge in [0.25, 0.3) is 10.0 Å². The average Bonchev–Trinajstić information content (AvgIpc) is 2.99. The molecule has 0 unspecified atom stereocenters. The number of piperidine rings is 1. The van der Waals surface area contributed by atoms with E-state index in [2.05, 4.69) is 9.71 Å². The molecule has 2 atom stereocenters. The summed E-state index contributed by atoms with van der Waals surface area (Å²) in [4.78, 5) is 14.8. The normalized spacial score (nSPS) is 21.0. The molecule has 1 amide bonds. The van der Waals surface area contributed by atoms with E-state index in [1.54, 1.807) is 25.1 Å². The summed E-state index contributed by atoms with van der Waals surface area (Å²) in [5, 5.41) is 2.79. The smallest absolute Gasteiger partial charge is 0.285 e. The molecule has 0 aliphatic carbocycles. The minimum atomic E-state index is -3.73. The predicted octanol–water partition coefficient (Wildman–Crippen LogP) is 3.00. The molecule has 0 spiro atoms. The van der Waals surface area contributed by atoms with Gasteiger partial charge in [-0.2, -0.15) is 8.42 Å². The van der Waals surface area contributed by atoms with Crippen molar-refractivity contribution in [3.63, 3.8) is 0 Å². The highest BCUT2D eigenvalue weighted by Gasteiger charge is 2.35. The molecule has 2 aliphatic rings. The van der Waals surface area contributed by atoms with Crippen LogP contribution in [0, 0.1) is 17.6 Å². The van der Waals surface area contributed by atoms with E-state index in [1.165, 1.54) is 12.1 Å². The van der Waals surface area contributed by atoms with Gasteiger partial charge < -0.3 is 10.2 Å². The second-order valence-electron chi connectivity index (χ2n) is 7.57. The number of halogens is 2. The van der Waals surface area contributed by atoms with E-state index in [9.17, 15) is 22.0 Å². The van der Waals surface area contributed by atoms with Crippen LogP contribution >= 0.6 is 0 Å². The number of hydrogen-bond acceptors (Lipinski definition) is 4. The van der Waals surface area contributed by atoms with Crippen molar-refractivity contribution >= 4 is 21.8 Å². The van der Waals surface area contributed by atoms with Crippen LogP contribution < -0.4 is 5.32 Å². The Morgan fingerprint density at radius 2 is 2.00 bits per heavy atom. The van der Waals surface area contributed by atoms with Crippen LogP contribution in [0.1, 0.15) is 36.9 Å². The van der Waals surface area contributed by atoms with Crippen LogP contribution in [0.3, 0.4) is 0 Å². The molecule has 2 heterocycles. The third-order valence-corrected chi connectivity index (χ3v) is 6.82. The lowest BCUT2D eigenvalue weighted by molar-refractivity contribution is -0.126. The summed E-state index contributed by atoms with van der Waals surface area (Å²) in [5.41, 5.74) is 0.748. The summed E-state index contributed by atoms with van der Waals surface area (Å²) in [7, 11) is -3.73. The first-order valence-corrected chi connectivity index (χ1v) is 11.1. The fourth-order valence-electron chi connectivity index (χ4n) is 3.96. The summed E-state index contributed by atoms with van der Waals surface area (Å²) < 4.78 is 55.7. The lowest BCUT2D eigenvalue weighted by Gasteiger charge is -2.34.